The molecule has 0 aliphatic heterocycles. The number of halogens is 1. The molecular weight excluding hydrogens is 379 g/mol. The van der Waals surface area contributed by atoms with Crippen LogP contribution < -0.4 is 5.32 Å². The molecule has 0 aliphatic rings. The third-order valence-corrected chi connectivity index (χ3v) is 4.95. The standard InChI is InChI=1S/C20H21FN4O2S/c1-13-7-15(20(26)27)8-17(24-13)9-22-10-18-23-11-19(28-2)25(18)12-14-3-5-16(21)6-4-14/h3-8,11,22H,9-10,12H2,1-2H3,(H,26,27). The van der Waals surface area contributed by atoms with Gasteiger partial charge in [-0.3, -0.25) is 4.98 Å². The Balaban J connectivity index is 1.70. The zero-order valence-corrected chi connectivity index (χ0v) is 16.5. The number of hydrogen-bond donors (Lipinski definition) is 2. The number of rotatable bonds is 8. The van der Waals surface area contributed by atoms with Crippen molar-refractivity contribution in [2.45, 2.75) is 31.6 Å². The Labute approximate surface area is 166 Å². The topological polar surface area (TPSA) is 80.0 Å². The van der Waals surface area contributed by atoms with E-state index in [0.29, 0.717) is 31.0 Å². The Morgan fingerprint density at radius 1 is 1.25 bits per heavy atom. The molecule has 0 radical (unpaired) electrons. The van der Waals surface area contributed by atoms with Crippen molar-refractivity contribution in [2.75, 3.05) is 6.26 Å². The predicted molar refractivity (Wildman–Crippen MR) is 106 cm³/mol. The third-order valence-electron chi connectivity index (χ3n) is 4.21. The van der Waals surface area contributed by atoms with Crippen molar-refractivity contribution in [3.63, 3.8) is 0 Å². The molecule has 0 saturated heterocycles. The molecule has 0 saturated carbocycles. The molecule has 0 amide bonds. The van der Waals surface area contributed by atoms with Crippen molar-refractivity contribution >= 4 is 17.7 Å². The van der Waals surface area contributed by atoms with Crippen molar-refractivity contribution in [1.29, 1.82) is 0 Å². The number of imidazole rings is 1. The molecule has 0 spiro atoms. The Bertz CT molecular complexity index is 973. The number of carboxylic acids is 1. The number of hydrogen-bond acceptors (Lipinski definition) is 5. The second-order valence-corrected chi connectivity index (χ2v) is 7.15. The molecule has 6 nitrogen and oxygen atoms in total. The summed E-state index contributed by atoms with van der Waals surface area (Å²) in [7, 11) is 0. The SMILES string of the molecule is CSc1cnc(CNCc2cc(C(=O)O)cc(C)n2)n1Cc1ccc(F)cc1. The van der Waals surface area contributed by atoms with Crippen molar-refractivity contribution in [1.82, 2.24) is 19.9 Å². The van der Waals surface area contributed by atoms with E-state index in [1.165, 1.54) is 12.1 Å². The second-order valence-electron chi connectivity index (χ2n) is 6.33. The summed E-state index contributed by atoms with van der Waals surface area (Å²) in [6.07, 6.45) is 3.80. The van der Waals surface area contributed by atoms with Crippen molar-refractivity contribution in [3.05, 3.63) is 76.8 Å². The van der Waals surface area contributed by atoms with Gasteiger partial charge in [-0.25, -0.2) is 14.2 Å². The first kappa shape index (κ1) is 20.0. The summed E-state index contributed by atoms with van der Waals surface area (Å²) in [6, 6.07) is 9.55. The molecule has 0 bridgehead atoms. The van der Waals surface area contributed by atoms with E-state index in [2.05, 4.69) is 19.9 Å². The van der Waals surface area contributed by atoms with Crippen molar-refractivity contribution < 1.29 is 14.3 Å². The molecule has 0 unspecified atom stereocenters. The third kappa shape index (κ3) is 4.96. The average Bonchev–Trinajstić information content (AvgIpc) is 3.05. The van der Waals surface area contributed by atoms with E-state index >= 15 is 0 Å². The monoisotopic (exact) mass is 400 g/mol. The Kier molecular flexibility index (Phi) is 6.43. The van der Waals surface area contributed by atoms with Crippen LogP contribution >= 0.6 is 11.8 Å². The van der Waals surface area contributed by atoms with Crippen molar-refractivity contribution in [2.24, 2.45) is 0 Å². The van der Waals surface area contributed by atoms with E-state index in [1.54, 1.807) is 43.0 Å². The highest BCUT2D eigenvalue weighted by Crippen LogP contribution is 2.19. The number of carboxylic acid groups (broad SMARTS) is 1. The minimum atomic E-state index is -0.966. The largest absolute Gasteiger partial charge is 0.478 e. The van der Waals surface area contributed by atoms with E-state index < -0.39 is 5.97 Å². The first-order valence-corrected chi connectivity index (χ1v) is 9.93. The van der Waals surface area contributed by atoms with Gasteiger partial charge >= 0.3 is 5.97 Å². The second kappa shape index (κ2) is 8.99. The molecule has 0 atom stereocenters. The fraction of sp³-hybridized carbons (Fsp3) is 0.250. The zero-order chi connectivity index (χ0) is 20.1. The summed E-state index contributed by atoms with van der Waals surface area (Å²) in [5.74, 6) is -0.376. The van der Waals surface area contributed by atoms with Gasteiger partial charge in [0.25, 0.3) is 0 Å². The van der Waals surface area contributed by atoms with Crippen LogP contribution in [-0.4, -0.2) is 31.9 Å². The summed E-state index contributed by atoms with van der Waals surface area (Å²) in [5.41, 5.74) is 2.55. The lowest BCUT2D eigenvalue weighted by atomic mass is 10.2. The Hall–Kier alpha value is -2.71. The predicted octanol–water partition coefficient (Wildman–Crippen LogP) is 3.48. The van der Waals surface area contributed by atoms with Crippen LogP contribution in [-0.2, 0) is 19.6 Å². The number of aromatic carboxylic acids is 1. The molecule has 8 heteroatoms. The van der Waals surface area contributed by atoms with Gasteiger partial charge in [0.2, 0.25) is 0 Å². The van der Waals surface area contributed by atoms with Crippen molar-refractivity contribution in [3.8, 4) is 0 Å². The number of benzene rings is 1. The van der Waals surface area contributed by atoms with Gasteiger partial charge in [0, 0.05) is 18.8 Å². The lowest BCUT2D eigenvalue weighted by molar-refractivity contribution is 0.0696. The van der Waals surface area contributed by atoms with Gasteiger partial charge in [-0.2, -0.15) is 0 Å². The van der Waals surface area contributed by atoms with Gasteiger partial charge in [0.15, 0.2) is 0 Å². The number of nitrogens with zero attached hydrogens (tertiary/aromatic N) is 3. The maximum Gasteiger partial charge on any atom is 0.335 e. The number of thioether (sulfide) groups is 1. The van der Waals surface area contributed by atoms with Gasteiger partial charge in [-0.1, -0.05) is 12.1 Å². The molecule has 1 aromatic carbocycles. The smallest absolute Gasteiger partial charge is 0.335 e. The molecule has 2 N–H and O–H groups in total. The van der Waals surface area contributed by atoms with E-state index in [4.69, 9.17) is 0 Å². The molecule has 28 heavy (non-hydrogen) atoms. The van der Waals surface area contributed by atoms with Gasteiger partial charge in [-0.15, -0.1) is 11.8 Å². The normalized spacial score (nSPS) is 11.0. The summed E-state index contributed by atoms with van der Waals surface area (Å²) < 4.78 is 15.2. The molecule has 2 aromatic heterocycles. The van der Waals surface area contributed by atoms with Gasteiger partial charge in [0.1, 0.15) is 11.6 Å². The van der Waals surface area contributed by atoms with Crippen LogP contribution in [0.15, 0.2) is 47.6 Å². The van der Waals surface area contributed by atoms with Crippen LogP contribution in [0.1, 0.15) is 33.1 Å². The average molecular weight is 400 g/mol. The van der Waals surface area contributed by atoms with Gasteiger partial charge in [0.05, 0.1) is 29.0 Å². The highest BCUT2D eigenvalue weighted by Gasteiger charge is 2.11. The molecule has 0 fully saturated rings. The maximum absolute atomic E-state index is 13.1. The minimum Gasteiger partial charge on any atom is -0.478 e. The van der Waals surface area contributed by atoms with E-state index in [1.807, 2.05) is 12.5 Å². The Morgan fingerprint density at radius 3 is 2.68 bits per heavy atom. The number of nitrogens with one attached hydrogen (secondary N) is 1. The molecule has 146 valence electrons. The molecule has 0 aliphatic carbocycles. The van der Waals surface area contributed by atoms with Crippen LogP contribution in [0.2, 0.25) is 0 Å². The van der Waals surface area contributed by atoms with Gasteiger partial charge in [-0.05, 0) is 43.0 Å². The quantitative estimate of drug-likeness (QED) is 0.564. The maximum atomic E-state index is 13.1. The summed E-state index contributed by atoms with van der Waals surface area (Å²) >= 11 is 1.60. The number of aryl methyl sites for hydroxylation is 1. The number of aromatic nitrogens is 3. The highest BCUT2D eigenvalue weighted by molar-refractivity contribution is 7.98. The zero-order valence-electron chi connectivity index (χ0n) is 15.6. The minimum absolute atomic E-state index is 0.228. The first-order chi connectivity index (χ1) is 13.5. The van der Waals surface area contributed by atoms with Crippen LogP contribution in [0.25, 0.3) is 0 Å². The van der Waals surface area contributed by atoms with Gasteiger partial charge < -0.3 is 15.0 Å². The van der Waals surface area contributed by atoms with E-state index in [-0.39, 0.29) is 11.4 Å². The summed E-state index contributed by atoms with van der Waals surface area (Å²) in [5, 5.41) is 13.5. The van der Waals surface area contributed by atoms with Crippen LogP contribution in [0, 0.1) is 12.7 Å². The highest BCUT2D eigenvalue weighted by atomic mass is 32.2. The first-order valence-electron chi connectivity index (χ1n) is 8.70. The lowest BCUT2D eigenvalue weighted by Gasteiger charge is -2.12. The molecular formula is C20H21FN4O2S. The van der Waals surface area contributed by atoms with Crippen LogP contribution in [0.5, 0.6) is 0 Å². The number of carbonyl (C=O) groups is 1. The van der Waals surface area contributed by atoms with E-state index in [9.17, 15) is 14.3 Å². The fourth-order valence-corrected chi connectivity index (χ4v) is 3.44. The molecule has 3 aromatic rings. The van der Waals surface area contributed by atoms with E-state index in [0.717, 1.165) is 16.4 Å². The summed E-state index contributed by atoms with van der Waals surface area (Å²) in [4.78, 5) is 20.0. The molecule has 2 heterocycles. The Morgan fingerprint density at radius 2 is 2.00 bits per heavy atom. The van der Waals surface area contributed by atoms with Crippen LogP contribution in [0.4, 0.5) is 4.39 Å². The fourth-order valence-electron chi connectivity index (χ4n) is 2.90. The lowest BCUT2D eigenvalue weighted by Crippen LogP contribution is -2.18. The molecule has 3 rings (SSSR count). The van der Waals surface area contributed by atoms with Crippen LogP contribution in [0.3, 0.4) is 0 Å². The summed E-state index contributed by atoms with van der Waals surface area (Å²) in [6.45, 7) is 3.30. The number of pyridine rings is 1.